The van der Waals surface area contributed by atoms with E-state index in [9.17, 15) is 9.59 Å². The third-order valence-electron chi connectivity index (χ3n) is 3.56. The van der Waals surface area contributed by atoms with Crippen molar-refractivity contribution in [2.24, 2.45) is 5.92 Å². The van der Waals surface area contributed by atoms with Crippen LogP contribution >= 0.6 is 0 Å². The van der Waals surface area contributed by atoms with Gasteiger partial charge in [-0.2, -0.15) is 0 Å². The molecule has 1 fully saturated rings. The Morgan fingerprint density at radius 1 is 1.29 bits per heavy atom. The van der Waals surface area contributed by atoms with Crippen LogP contribution in [-0.4, -0.2) is 31.9 Å². The van der Waals surface area contributed by atoms with Gasteiger partial charge in [0.05, 0.1) is 14.2 Å². The van der Waals surface area contributed by atoms with Crippen LogP contribution in [0.5, 0.6) is 0 Å². The van der Waals surface area contributed by atoms with Gasteiger partial charge in [-0.15, -0.1) is 0 Å². The Bertz CT molecular complexity index is 479. The van der Waals surface area contributed by atoms with Crippen molar-refractivity contribution in [2.75, 3.05) is 14.2 Å². The zero-order valence-electron chi connectivity index (χ0n) is 13.0. The van der Waals surface area contributed by atoms with E-state index in [4.69, 9.17) is 4.74 Å². The lowest BCUT2D eigenvalue weighted by Gasteiger charge is -2.29. The fourth-order valence-corrected chi connectivity index (χ4v) is 2.46. The number of esters is 1. The molecule has 0 amide bonds. The van der Waals surface area contributed by atoms with Gasteiger partial charge in [0.1, 0.15) is 0 Å². The number of hydrogen-bond acceptors (Lipinski definition) is 5. The standard InChI is InChI=1S/C16H22O5/c1-12(2)7-8-13-6-5-10-16(13,21-15(18)20-4)11-9-14(17)19-3/h7,13H,5-6,8,10H2,1-4H3. The molecule has 1 saturated carbocycles. The summed E-state index contributed by atoms with van der Waals surface area (Å²) in [5.41, 5.74) is 0.211. The van der Waals surface area contributed by atoms with Crippen molar-refractivity contribution in [3.63, 3.8) is 0 Å². The summed E-state index contributed by atoms with van der Waals surface area (Å²) >= 11 is 0. The Kier molecular flexibility index (Phi) is 6.29. The van der Waals surface area contributed by atoms with Crippen LogP contribution < -0.4 is 0 Å². The fourth-order valence-electron chi connectivity index (χ4n) is 2.46. The monoisotopic (exact) mass is 294 g/mol. The highest BCUT2D eigenvalue weighted by molar-refractivity contribution is 5.88. The van der Waals surface area contributed by atoms with Crippen LogP contribution in [0.15, 0.2) is 11.6 Å². The SMILES string of the molecule is COC(=O)C#CC1(OC(=O)OC)CCCC1CC=C(C)C. The lowest BCUT2D eigenvalue weighted by molar-refractivity contribution is -0.133. The molecule has 21 heavy (non-hydrogen) atoms. The van der Waals surface area contributed by atoms with E-state index in [2.05, 4.69) is 27.4 Å². The highest BCUT2D eigenvalue weighted by Gasteiger charge is 2.45. The molecule has 1 aliphatic rings. The summed E-state index contributed by atoms with van der Waals surface area (Å²) in [5.74, 6) is 4.61. The second-order valence-corrected chi connectivity index (χ2v) is 5.29. The summed E-state index contributed by atoms with van der Waals surface area (Å²) < 4.78 is 14.5. The van der Waals surface area contributed by atoms with E-state index in [1.54, 1.807) is 0 Å². The zero-order valence-corrected chi connectivity index (χ0v) is 13.0. The molecule has 0 heterocycles. The van der Waals surface area contributed by atoms with Crippen molar-refractivity contribution in [1.29, 1.82) is 0 Å². The number of ether oxygens (including phenoxy) is 3. The lowest BCUT2D eigenvalue weighted by Crippen LogP contribution is -2.37. The molecule has 0 aliphatic heterocycles. The number of rotatable bonds is 3. The minimum atomic E-state index is -0.979. The smallest absolute Gasteiger partial charge is 0.459 e. The van der Waals surface area contributed by atoms with E-state index in [0.29, 0.717) is 6.42 Å². The third-order valence-corrected chi connectivity index (χ3v) is 3.56. The van der Waals surface area contributed by atoms with E-state index < -0.39 is 17.7 Å². The number of hydrogen-bond donors (Lipinski definition) is 0. The second-order valence-electron chi connectivity index (χ2n) is 5.29. The largest absolute Gasteiger partial charge is 0.509 e. The van der Waals surface area contributed by atoms with E-state index in [0.717, 1.165) is 19.3 Å². The van der Waals surface area contributed by atoms with E-state index in [1.807, 2.05) is 13.8 Å². The average molecular weight is 294 g/mol. The van der Waals surface area contributed by atoms with Gasteiger partial charge >= 0.3 is 12.1 Å². The minimum Gasteiger partial charge on any atom is -0.459 e. The number of allylic oxidation sites excluding steroid dienone is 2. The van der Waals surface area contributed by atoms with Crippen molar-refractivity contribution in [2.45, 2.75) is 45.1 Å². The van der Waals surface area contributed by atoms with Crippen molar-refractivity contribution in [3.05, 3.63) is 11.6 Å². The van der Waals surface area contributed by atoms with E-state index in [1.165, 1.54) is 19.8 Å². The molecule has 0 spiro atoms. The minimum absolute atomic E-state index is 0.0451. The van der Waals surface area contributed by atoms with Crippen LogP contribution in [0, 0.1) is 17.8 Å². The molecule has 0 aromatic heterocycles. The predicted octanol–water partition coefficient (Wildman–Crippen LogP) is 2.84. The Labute approximate surface area is 125 Å². The molecule has 2 atom stereocenters. The normalized spacial score (nSPS) is 23.5. The van der Waals surface area contributed by atoms with Gasteiger partial charge in [-0.1, -0.05) is 11.6 Å². The molecule has 1 aliphatic carbocycles. The molecule has 5 heteroatoms. The molecule has 5 nitrogen and oxygen atoms in total. The fraction of sp³-hybridized carbons (Fsp3) is 0.625. The van der Waals surface area contributed by atoms with Crippen molar-refractivity contribution >= 4 is 12.1 Å². The predicted molar refractivity (Wildman–Crippen MR) is 77.4 cm³/mol. The maximum absolute atomic E-state index is 11.5. The van der Waals surface area contributed by atoms with Crippen molar-refractivity contribution in [3.8, 4) is 11.8 Å². The third kappa shape index (κ3) is 4.82. The van der Waals surface area contributed by atoms with E-state index >= 15 is 0 Å². The molecule has 0 aromatic carbocycles. The molecular weight excluding hydrogens is 272 g/mol. The topological polar surface area (TPSA) is 61.8 Å². The first-order valence-electron chi connectivity index (χ1n) is 6.95. The summed E-state index contributed by atoms with van der Waals surface area (Å²) in [6.45, 7) is 4.02. The van der Waals surface area contributed by atoms with E-state index in [-0.39, 0.29) is 5.92 Å². The van der Waals surface area contributed by atoms with Crippen LogP contribution in [0.3, 0.4) is 0 Å². The number of methoxy groups -OCH3 is 2. The molecule has 0 aromatic rings. The number of carbonyl (C=O) groups excluding carboxylic acids is 2. The maximum atomic E-state index is 11.5. The van der Waals surface area contributed by atoms with Gasteiger partial charge in [-0.3, -0.25) is 0 Å². The zero-order chi connectivity index (χ0) is 15.9. The van der Waals surface area contributed by atoms with Crippen LogP contribution in [0.1, 0.15) is 39.5 Å². The van der Waals surface area contributed by atoms with Crippen LogP contribution in [0.2, 0.25) is 0 Å². The Balaban J connectivity index is 3.03. The molecule has 1 rings (SSSR count). The van der Waals surface area contributed by atoms with Crippen molar-refractivity contribution < 1.29 is 23.8 Å². The maximum Gasteiger partial charge on any atom is 0.509 e. The summed E-state index contributed by atoms with van der Waals surface area (Å²) in [4.78, 5) is 22.8. The highest BCUT2D eigenvalue weighted by atomic mass is 16.7. The van der Waals surface area contributed by atoms with Gasteiger partial charge in [-0.25, -0.2) is 9.59 Å². The quantitative estimate of drug-likeness (QED) is 0.347. The van der Waals surface area contributed by atoms with Gasteiger partial charge in [-0.05, 0) is 45.5 Å². The molecule has 0 bridgehead atoms. The van der Waals surface area contributed by atoms with Gasteiger partial charge in [0.25, 0.3) is 0 Å². The molecule has 0 saturated heterocycles. The Hall–Kier alpha value is -1.96. The first-order valence-corrected chi connectivity index (χ1v) is 6.95. The molecule has 0 N–H and O–H groups in total. The van der Waals surface area contributed by atoms with Gasteiger partial charge in [0.2, 0.25) is 0 Å². The summed E-state index contributed by atoms with van der Waals surface area (Å²) in [5, 5.41) is 0. The molecule has 116 valence electrons. The number of carbonyl (C=O) groups is 2. The van der Waals surface area contributed by atoms with Crippen LogP contribution in [-0.2, 0) is 19.0 Å². The second kappa shape index (κ2) is 7.72. The van der Waals surface area contributed by atoms with Crippen LogP contribution in [0.4, 0.5) is 4.79 Å². The Morgan fingerprint density at radius 3 is 2.57 bits per heavy atom. The first-order chi connectivity index (χ1) is 9.93. The summed E-state index contributed by atoms with van der Waals surface area (Å²) in [7, 11) is 2.52. The Morgan fingerprint density at radius 2 is 2.00 bits per heavy atom. The van der Waals surface area contributed by atoms with Crippen molar-refractivity contribution in [1.82, 2.24) is 0 Å². The van der Waals surface area contributed by atoms with Gasteiger partial charge in [0.15, 0.2) is 5.60 Å². The summed E-state index contributed by atoms with van der Waals surface area (Å²) in [6.07, 6.45) is 4.41. The lowest BCUT2D eigenvalue weighted by atomic mass is 9.87. The van der Waals surface area contributed by atoms with Gasteiger partial charge in [0, 0.05) is 11.8 Å². The molecule has 2 unspecified atom stereocenters. The first kappa shape index (κ1) is 17.1. The molecular formula is C16H22O5. The van der Waals surface area contributed by atoms with Gasteiger partial charge < -0.3 is 14.2 Å². The molecule has 0 radical (unpaired) electrons. The van der Waals surface area contributed by atoms with Crippen LogP contribution in [0.25, 0.3) is 0 Å². The highest BCUT2D eigenvalue weighted by Crippen LogP contribution is 2.41. The average Bonchev–Trinajstić information content (AvgIpc) is 2.85. The summed E-state index contributed by atoms with van der Waals surface area (Å²) in [6, 6.07) is 0.